The molecule has 0 unspecified atom stereocenters. The number of esters is 1. The number of carbonyl (C=O) groups is 2. The molecule has 150 valence electrons. The molecule has 0 aliphatic rings. The summed E-state index contributed by atoms with van der Waals surface area (Å²) >= 11 is 5.97. The number of carbonyl (C=O) groups excluding carboxylic acids is 2. The highest BCUT2D eigenvalue weighted by Gasteiger charge is 2.21. The van der Waals surface area contributed by atoms with Crippen molar-refractivity contribution in [2.75, 3.05) is 26.0 Å². The first-order valence-corrected chi connectivity index (χ1v) is 10.1. The number of benzene rings is 2. The van der Waals surface area contributed by atoms with Gasteiger partial charge in [-0.05, 0) is 44.2 Å². The van der Waals surface area contributed by atoms with Crippen LogP contribution in [0, 0.1) is 13.8 Å². The van der Waals surface area contributed by atoms with Crippen molar-refractivity contribution in [3.8, 4) is 0 Å². The lowest BCUT2D eigenvalue weighted by molar-refractivity contribution is -0.119. The van der Waals surface area contributed by atoms with Crippen LogP contribution in [0.1, 0.15) is 21.5 Å². The van der Waals surface area contributed by atoms with Crippen LogP contribution in [-0.4, -0.2) is 45.3 Å². The molecule has 0 fully saturated rings. The van der Waals surface area contributed by atoms with E-state index in [1.54, 1.807) is 12.1 Å². The van der Waals surface area contributed by atoms with Gasteiger partial charge in [0, 0.05) is 19.8 Å². The molecule has 0 aromatic heterocycles. The second kappa shape index (κ2) is 8.72. The highest BCUT2D eigenvalue weighted by Crippen LogP contribution is 2.26. The van der Waals surface area contributed by atoms with E-state index in [-0.39, 0.29) is 15.6 Å². The number of aryl methyl sites for hydroxylation is 2. The lowest BCUT2D eigenvalue weighted by Crippen LogP contribution is -2.23. The van der Waals surface area contributed by atoms with Crippen LogP contribution >= 0.6 is 11.6 Å². The number of hydrogen-bond donors (Lipinski definition) is 1. The Morgan fingerprint density at radius 1 is 1.07 bits per heavy atom. The van der Waals surface area contributed by atoms with Crippen LogP contribution in [0.4, 0.5) is 5.69 Å². The number of nitrogens with one attached hydrogen (secondary N) is 1. The highest BCUT2D eigenvalue weighted by molar-refractivity contribution is 7.89. The normalized spacial score (nSPS) is 11.4. The molecule has 28 heavy (non-hydrogen) atoms. The number of halogens is 1. The minimum Gasteiger partial charge on any atom is -0.452 e. The summed E-state index contributed by atoms with van der Waals surface area (Å²) < 4.78 is 30.6. The molecule has 0 atom stereocenters. The van der Waals surface area contributed by atoms with Crippen molar-refractivity contribution in [2.24, 2.45) is 0 Å². The molecule has 0 aliphatic heterocycles. The second-order valence-electron chi connectivity index (χ2n) is 6.43. The fourth-order valence-corrected chi connectivity index (χ4v) is 3.87. The third kappa shape index (κ3) is 5.31. The number of amides is 1. The fraction of sp³-hybridized carbons (Fsp3) is 0.263. The number of nitrogens with zero attached hydrogens (tertiary/aromatic N) is 1. The smallest absolute Gasteiger partial charge is 0.338 e. The van der Waals surface area contributed by atoms with Crippen LogP contribution in [0.5, 0.6) is 0 Å². The molecule has 0 saturated carbocycles. The zero-order valence-electron chi connectivity index (χ0n) is 15.9. The van der Waals surface area contributed by atoms with E-state index in [1.165, 1.54) is 32.3 Å². The Kier molecular flexibility index (Phi) is 6.82. The molecule has 9 heteroatoms. The molecule has 0 saturated heterocycles. The van der Waals surface area contributed by atoms with Gasteiger partial charge in [0.25, 0.3) is 5.91 Å². The van der Waals surface area contributed by atoms with E-state index in [9.17, 15) is 18.0 Å². The van der Waals surface area contributed by atoms with Crippen molar-refractivity contribution in [2.45, 2.75) is 18.7 Å². The predicted octanol–water partition coefficient (Wildman–Crippen LogP) is 3.00. The maximum atomic E-state index is 12.3. The molecule has 1 amide bonds. The van der Waals surface area contributed by atoms with E-state index in [4.69, 9.17) is 16.3 Å². The number of ether oxygens (including phenoxy) is 1. The van der Waals surface area contributed by atoms with Crippen LogP contribution in [0.2, 0.25) is 5.02 Å². The number of anilines is 1. The Balaban J connectivity index is 2.06. The minimum absolute atomic E-state index is 0.0351. The van der Waals surface area contributed by atoms with E-state index in [1.807, 2.05) is 19.9 Å². The topological polar surface area (TPSA) is 92.8 Å². The van der Waals surface area contributed by atoms with Crippen LogP contribution in [0.3, 0.4) is 0 Å². The van der Waals surface area contributed by atoms with Gasteiger partial charge in [0.05, 0.1) is 10.6 Å². The molecule has 0 aliphatic carbocycles. The summed E-state index contributed by atoms with van der Waals surface area (Å²) in [4.78, 5) is 24.1. The third-order valence-electron chi connectivity index (χ3n) is 3.77. The maximum absolute atomic E-state index is 12.3. The van der Waals surface area contributed by atoms with E-state index >= 15 is 0 Å². The number of rotatable bonds is 6. The Morgan fingerprint density at radius 2 is 1.68 bits per heavy atom. The average Bonchev–Trinajstić information content (AvgIpc) is 2.60. The zero-order valence-corrected chi connectivity index (χ0v) is 17.5. The molecule has 2 aromatic carbocycles. The molecule has 2 aromatic rings. The summed E-state index contributed by atoms with van der Waals surface area (Å²) in [5.74, 6) is -1.22. The van der Waals surface area contributed by atoms with E-state index in [2.05, 4.69) is 5.32 Å². The van der Waals surface area contributed by atoms with Crippen molar-refractivity contribution in [1.29, 1.82) is 0 Å². The Labute approximate surface area is 169 Å². The first kappa shape index (κ1) is 21.9. The summed E-state index contributed by atoms with van der Waals surface area (Å²) in [6.45, 7) is 3.21. The van der Waals surface area contributed by atoms with Crippen molar-refractivity contribution < 1.29 is 22.7 Å². The highest BCUT2D eigenvalue weighted by atomic mass is 35.5. The maximum Gasteiger partial charge on any atom is 0.338 e. The Bertz CT molecular complexity index is 999. The molecule has 0 heterocycles. The predicted molar refractivity (Wildman–Crippen MR) is 107 cm³/mol. The molecular weight excluding hydrogens is 404 g/mol. The molecule has 2 rings (SSSR count). The van der Waals surface area contributed by atoms with Gasteiger partial charge in [-0.15, -0.1) is 0 Å². The van der Waals surface area contributed by atoms with Gasteiger partial charge in [0.2, 0.25) is 10.0 Å². The van der Waals surface area contributed by atoms with Gasteiger partial charge in [-0.3, -0.25) is 4.79 Å². The first-order valence-electron chi connectivity index (χ1n) is 8.28. The summed E-state index contributed by atoms with van der Waals surface area (Å²) in [7, 11) is -1.01. The van der Waals surface area contributed by atoms with E-state index in [0.29, 0.717) is 5.56 Å². The lowest BCUT2D eigenvalue weighted by atomic mass is 10.1. The van der Waals surface area contributed by atoms with Gasteiger partial charge in [-0.25, -0.2) is 17.5 Å². The standard InChI is InChI=1S/C19H21ClN2O5S/c1-12-7-13(2)9-14(8-12)19(24)27-11-18(23)21-15-5-6-16(20)17(10-15)28(25,26)22(3)4/h5-10H,11H2,1-4H3,(H,21,23). The number of sulfonamides is 1. The van der Waals surface area contributed by atoms with Crippen molar-refractivity contribution >= 4 is 39.2 Å². The first-order chi connectivity index (χ1) is 13.0. The SMILES string of the molecule is Cc1cc(C)cc(C(=O)OCC(=O)Nc2ccc(Cl)c(S(=O)(=O)N(C)C)c2)c1. The quantitative estimate of drug-likeness (QED) is 0.719. The zero-order chi connectivity index (χ0) is 21.1. The van der Waals surface area contributed by atoms with Gasteiger partial charge < -0.3 is 10.1 Å². The summed E-state index contributed by atoms with van der Waals surface area (Å²) in [5.41, 5.74) is 2.40. The number of hydrogen-bond acceptors (Lipinski definition) is 5. The van der Waals surface area contributed by atoms with Gasteiger partial charge in [0.15, 0.2) is 6.61 Å². The van der Waals surface area contributed by atoms with E-state index in [0.717, 1.165) is 15.4 Å². The molecular formula is C19H21ClN2O5S. The fourth-order valence-electron chi connectivity index (χ4n) is 2.48. The van der Waals surface area contributed by atoms with Gasteiger partial charge in [-0.1, -0.05) is 28.8 Å². The Hall–Kier alpha value is -2.42. The van der Waals surface area contributed by atoms with Crippen LogP contribution in [0.25, 0.3) is 0 Å². The molecule has 7 nitrogen and oxygen atoms in total. The monoisotopic (exact) mass is 424 g/mol. The van der Waals surface area contributed by atoms with Crippen molar-refractivity contribution in [3.05, 3.63) is 58.1 Å². The van der Waals surface area contributed by atoms with Gasteiger partial charge in [0.1, 0.15) is 4.90 Å². The minimum atomic E-state index is -3.77. The van der Waals surface area contributed by atoms with Crippen LogP contribution in [0.15, 0.2) is 41.3 Å². The average molecular weight is 425 g/mol. The summed E-state index contributed by atoms with van der Waals surface area (Å²) in [5, 5.41) is 2.53. The molecule has 0 bridgehead atoms. The van der Waals surface area contributed by atoms with Gasteiger partial charge >= 0.3 is 5.97 Å². The van der Waals surface area contributed by atoms with Crippen molar-refractivity contribution in [3.63, 3.8) is 0 Å². The van der Waals surface area contributed by atoms with Crippen molar-refractivity contribution in [1.82, 2.24) is 4.31 Å². The van der Waals surface area contributed by atoms with Gasteiger partial charge in [-0.2, -0.15) is 0 Å². The molecule has 0 radical (unpaired) electrons. The Morgan fingerprint density at radius 3 is 2.25 bits per heavy atom. The summed E-state index contributed by atoms with van der Waals surface area (Å²) in [6, 6.07) is 9.34. The molecule has 0 spiro atoms. The lowest BCUT2D eigenvalue weighted by Gasteiger charge is -2.14. The van der Waals surface area contributed by atoms with Crippen LogP contribution < -0.4 is 5.32 Å². The third-order valence-corrected chi connectivity index (χ3v) is 6.06. The second-order valence-corrected chi connectivity index (χ2v) is 8.96. The van der Waals surface area contributed by atoms with Crippen LogP contribution in [-0.2, 0) is 19.6 Å². The van der Waals surface area contributed by atoms with E-state index < -0.39 is 28.5 Å². The largest absolute Gasteiger partial charge is 0.452 e. The molecule has 1 N–H and O–H groups in total. The summed E-state index contributed by atoms with van der Waals surface area (Å²) in [6.07, 6.45) is 0.